The van der Waals surface area contributed by atoms with Crippen molar-refractivity contribution in [3.8, 4) is 0 Å². The fourth-order valence-corrected chi connectivity index (χ4v) is 2.53. The molecule has 0 N–H and O–H groups in total. The molecule has 1 amide bonds. The van der Waals surface area contributed by atoms with Crippen LogP contribution in [0.3, 0.4) is 0 Å². The van der Waals surface area contributed by atoms with Crippen molar-refractivity contribution in [3.63, 3.8) is 0 Å². The normalized spacial score (nSPS) is 33.5. The second-order valence-electron chi connectivity index (χ2n) is 4.28. The zero-order chi connectivity index (χ0) is 10.3. The van der Waals surface area contributed by atoms with Crippen molar-refractivity contribution in [1.82, 2.24) is 4.90 Å². The van der Waals surface area contributed by atoms with E-state index in [0.717, 1.165) is 31.6 Å². The number of hydrogen-bond acceptors (Lipinski definition) is 2. The van der Waals surface area contributed by atoms with Gasteiger partial charge >= 0.3 is 0 Å². The lowest BCUT2D eigenvalue weighted by Crippen LogP contribution is -2.41. The molecule has 15 heavy (non-hydrogen) atoms. The standard InChI is InChI=1S/C12H14N2O/c15-12-10-5-1-2-6-11(10)13-8-9-4-3-7-14(9)12/h1-4,9-10H,5-8H2. The molecule has 0 aromatic heterocycles. The van der Waals surface area contributed by atoms with Gasteiger partial charge in [-0.1, -0.05) is 24.3 Å². The first-order valence-electron chi connectivity index (χ1n) is 5.51. The van der Waals surface area contributed by atoms with E-state index in [9.17, 15) is 4.79 Å². The Hall–Kier alpha value is -1.38. The number of amides is 1. The molecule has 3 nitrogen and oxygen atoms in total. The summed E-state index contributed by atoms with van der Waals surface area (Å²) in [6.07, 6.45) is 10.1. The molecule has 1 aliphatic carbocycles. The third-order valence-corrected chi connectivity index (χ3v) is 3.39. The van der Waals surface area contributed by atoms with Gasteiger partial charge in [-0.25, -0.2) is 0 Å². The third-order valence-electron chi connectivity index (χ3n) is 3.39. The van der Waals surface area contributed by atoms with E-state index in [0.29, 0.717) is 0 Å². The van der Waals surface area contributed by atoms with Crippen LogP contribution in [0, 0.1) is 5.92 Å². The number of rotatable bonds is 0. The number of carbonyl (C=O) groups is 1. The fraction of sp³-hybridized carbons (Fsp3) is 0.500. The second-order valence-corrected chi connectivity index (χ2v) is 4.28. The van der Waals surface area contributed by atoms with E-state index >= 15 is 0 Å². The van der Waals surface area contributed by atoms with Crippen LogP contribution < -0.4 is 0 Å². The number of carbonyl (C=O) groups excluding carboxylic acids is 1. The van der Waals surface area contributed by atoms with Gasteiger partial charge < -0.3 is 4.90 Å². The van der Waals surface area contributed by atoms with Crippen molar-refractivity contribution in [2.45, 2.75) is 18.9 Å². The molecule has 0 fully saturated rings. The Morgan fingerprint density at radius 2 is 2.27 bits per heavy atom. The van der Waals surface area contributed by atoms with Crippen molar-refractivity contribution >= 4 is 11.6 Å². The van der Waals surface area contributed by atoms with Gasteiger partial charge in [-0.05, 0) is 6.42 Å². The van der Waals surface area contributed by atoms with E-state index in [1.54, 1.807) is 0 Å². The highest BCUT2D eigenvalue weighted by Gasteiger charge is 2.35. The minimum Gasteiger partial charge on any atom is -0.330 e. The van der Waals surface area contributed by atoms with Gasteiger partial charge in [-0.15, -0.1) is 0 Å². The zero-order valence-electron chi connectivity index (χ0n) is 8.60. The Labute approximate surface area is 89.2 Å². The second kappa shape index (κ2) is 3.33. The van der Waals surface area contributed by atoms with Gasteiger partial charge in [0.25, 0.3) is 0 Å². The van der Waals surface area contributed by atoms with Crippen LogP contribution in [-0.4, -0.2) is 35.7 Å². The first-order chi connectivity index (χ1) is 7.36. The van der Waals surface area contributed by atoms with Crippen molar-refractivity contribution in [1.29, 1.82) is 0 Å². The highest BCUT2D eigenvalue weighted by molar-refractivity contribution is 6.06. The largest absolute Gasteiger partial charge is 0.330 e. The summed E-state index contributed by atoms with van der Waals surface area (Å²) in [6.45, 7) is 1.52. The van der Waals surface area contributed by atoms with Crippen LogP contribution in [0.5, 0.6) is 0 Å². The molecule has 0 spiro atoms. The summed E-state index contributed by atoms with van der Waals surface area (Å²) in [4.78, 5) is 18.8. The highest BCUT2D eigenvalue weighted by atomic mass is 16.2. The molecule has 0 aromatic rings. The predicted octanol–water partition coefficient (Wildman–Crippen LogP) is 1.17. The van der Waals surface area contributed by atoms with Crippen LogP contribution >= 0.6 is 0 Å². The van der Waals surface area contributed by atoms with E-state index in [4.69, 9.17) is 0 Å². The maximum absolute atomic E-state index is 12.2. The summed E-state index contributed by atoms with van der Waals surface area (Å²) < 4.78 is 0. The van der Waals surface area contributed by atoms with Crippen molar-refractivity contribution in [3.05, 3.63) is 24.3 Å². The maximum atomic E-state index is 12.2. The molecule has 78 valence electrons. The molecule has 2 heterocycles. The van der Waals surface area contributed by atoms with Crippen LogP contribution in [0.25, 0.3) is 0 Å². The van der Waals surface area contributed by atoms with Gasteiger partial charge in [-0.2, -0.15) is 0 Å². The lowest BCUT2D eigenvalue weighted by Gasteiger charge is -2.25. The molecular weight excluding hydrogens is 188 g/mol. The molecule has 0 radical (unpaired) electrons. The summed E-state index contributed by atoms with van der Waals surface area (Å²) in [6, 6.07) is 0.218. The summed E-state index contributed by atoms with van der Waals surface area (Å²) in [5.74, 6) is 0.297. The first-order valence-corrected chi connectivity index (χ1v) is 5.51. The van der Waals surface area contributed by atoms with Crippen molar-refractivity contribution in [2.24, 2.45) is 10.9 Å². The van der Waals surface area contributed by atoms with Gasteiger partial charge in [0.05, 0.1) is 18.5 Å². The van der Waals surface area contributed by atoms with Crippen LogP contribution in [-0.2, 0) is 4.79 Å². The van der Waals surface area contributed by atoms with Crippen molar-refractivity contribution in [2.75, 3.05) is 13.1 Å². The quantitative estimate of drug-likeness (QED) is 0.543. The molecule has 3 heteroatoms. The summed E-state index contributed by atoms with van der Waals surface area (Å²) in [5.41, 5.74) is 1.09. The molecule has 0 saturated carbocycles. The highest BCUT2D eigenvalue weighted by Crippen LogP contribution is 2.25. The van der Waals surface area contributed by atoms with Gasteiger partial charge in [0.1, 0.15) is 0 Å². The minimum absolute atomic E-state index is 0.0277. The lowest BCUT2D eigenvalue weighted by atomic mass is 9.91. The van der Waals surface area contributed by atoms with E-state index in [1.807, 2.05) is 4.90 Å². The van der Waals surface area contributed by atoms with Gasteiger partial charge in [-0.3, -0.25) is 9.79 Å². The number of hydrogen-bond donors (Lipinski definition) is 0. The number of nitrogens with zero attached hydrogens (tertiary/aromatic N) is 2. The monoisotopic (exact) mass is 202 g/mol. The Kier molecular flexibility index (Phi) is 1.97. The van der Waals surface area contributed by atoms with Gasteiger partial charge in [0.2, 0.25) is 5.91 Å². The van der Waals surface area contributed by atoms with Crippen LogP contribution in [0.4, 0.5) is 0 Å². The SMILES string of the molecule is O=C1C2CC=CCC2=NCC2C=CCN12. The first kappa shape index (κ1) is 8.89. The predicted molar refractivity (Wildman–Crippen MR) is 58.8 cm³/mol. The van der Waals surface area contributed by atoms with E-state index in [1.165, 1.54) is 0 Å². The molecule has 2 aliphatic heterocycles. The summed E-state index contributed by atoms with van der Waals surface area (Å²) in [5, 5.41) is 0. The van der Waals surface area contributed by atoms with E-state index in [-0.39, 0.29) is 17.9 Å². The Balaban J connectivity index is 1.95. The molecule has 3 aliphatic rings. The third kappa shape index (κ3) is 1.34. The smallest absolute Gasteiger partial charge is 0.232 e. The number of aliphatic imine (C=N–C) groups is 1. The average Bonchev–Trinajstić information content (AvgIpc) is 2.69. The fourth-order valence-electron chi connectivity index (χ4n) is 2.53. The molecule has 0 aromatic carbocycles. The van der Waals surface area contributed by atoms with Crippen LogP contribution in [0.1, 0.15) is 12.8 Å². The Morgan fingerprint density at radius 3 is 3.20 bits per heavy atom. The summed E-state index contributed by atoms with van der Waals surface area (Å²) in [7, 11) is 0. The summed E-state index contributed by atoms with van der Waals surface area (Å²) >= 11 is 0. The molecule has 0 bridgehead atoms. The average molecular weight is 202 g/mol. The lowest BCUT2D eigenvalue weighted by molar-refractivity contribution is -0.133. The Bertz CT molecular complexity index is 381. The van der Waals surface area contributed by atoms with Crippen LogP contribution in [0.2, 0.25) is 0 Å². The zero-order valence-corrected chi connectivity index (χ0v) is 8.60. The molecule has 3 rings (SSSR count). The number of allylic oxidation sites excluding steroid dienone is 2. The van der Waals surface area contributed by atoms with Gasteiger partial charge in [0.15, 0.2) is 0 Å². The van der Waals surface area contributed by atoms with E-state index in [2.05, 4.69) is 29.3 Å². The topological polar surface area (TPSA) is 32.7 Å². The van der Waals surface area contributed by atoms with E-state index < -0.39 is 0 Å². The maximum Gasteiger partial charge on any atom is 0.232 e. The van der Waals surface area contributed by atoms with Crippen molar-refractivity contribution < 1.29 is 4.79 Å². The molecular formula is C12H14N2O. The van der Waals surface area contributed by atoms with Crippen LogP contribution in [0.15, 0.2) is 29.3 Å². The minimum atomic E-state index is 0.0277. The molecule has 0 saturated heterocycles. The van der Waals surface area contributed by atoms with Gasteiger partial charge in [0, 0.05) is 18.7 Å². The Morgan fingerprint density at radius 1 is 1.33 bits per heavy atom. The molecule has 2 unspecified atom stereocenters. The molecule has 2 atom stereocenters. The number of fused-ring (bicyclic) bond motifs is 2.